The minimum absolute atomic E-state index is 0.257. The lowest BCUT2D eigenvalue weighted by Crippen LogP contribution is -2.49. The fraction of sp³-hybridized carbons (Fsp3) is 0.400. The van der Waals surface area contributed by atoms with Crippen molar-refractivity contribution in [3.8, 4) is 0 Å². The monoisotopic (exact) mass is 421 g/mol. The molecule has 0 bridgehead atoms. The maximum absolute atomic E-state index is 13.2. The van der Waals surface area contributed by atoms with E-state index in [1.807, 2.05) is 11.8 Å². The normalized spacial score (nSPS) is 15.7. The topological polar surface area (TPSA) is 92.4 Å². The molecular formula is C20H22F3N5O2. The average Bonchev–Trinajstić information content (AvgIpc) is 2.73. The van der Waals surface area contributed by atoms with Gasteiger partial charge in [0.15, 0.2) is 5.82 Å². The van der Waals surface area contributed by atoms with Crippen LogP contribution in [0.4, 0.5) is 19.0 Å². The van der Waals surface area contributed by atoms with Gasteiger partial charge in [-0.05, 0) is 30.7 Å². The molecule has 10 heteroatoms. The largest absolute Gasteiger partial charge is 0.417 e. The second-order valence-corrected chi connectivity index (χ2v) is 7.00. The first kappa shape index (κ1) is 21.5. The lowest BCUT2D eigenvalue weighted by atomic mass is 10.0. The first-order valence-corrected chi connectivity index (χ1v) is 9.55. The first-order chi connectivity index (χ1) is 14.2. The third-order valence-electron chi connectivity index (χ3n) is 5.13. The third-order valence-corrected chi connectivity index (χ3v) is 5.13. The van der Waals surface area contributed by atoms with Gasteiger partial charge in [0.1, 0.15) is 0 Å². The molecule has 160 valence electrons. The Kier molecular flexibility index (Phi) is 6.23. The van der Waals surface area contributed by atoms with Gasteiger partial charge >= 0.3 is 6.18 Å². The predicted molar refractivity (Wildman–Crippen MR) is 104 cm³/mol. The maximum atomic E-state index is 13.2. The highest BCUT2D eigenvalue weighted by molar-refractivity contribution is 5.96. The first-order valence-electron chi connectivity index (χ1n) is 9.55. The van der Waals surface area contributed by atoms with E-state index in [0.717, 1.165) is 6.07 Å². The molecule has 0 aliphatic carbocycles. The zero-order valence-electron chi connectivity index (χ0n) is 16.4. The molecule has 0 saturated carbocycles. The number of halogens is 3. The molecule has 1 fully saturated rings. The molecule has 1 aliphatic heterocycles. The molecule has 1 aromatic carbocycles. The molecule has 1 atom stereocenters. The number of anilines is 1. The van der Waals surface area contributed by atoms with E-state index in [9.17, 15) is 22.8 Å². The van der Waals surface area contributed by atoms with Gasteiger partial charge in [0, 0.05) is 26.2 Å². The van der Waals surface area contributed by atoms with E-state index >= 15 is 0 Å². The van der Waals surface area contributed by atoms with Crippen molar-refractivity contribution in [2.45, 2.75) is 25.4 Å². The van der Waals surface area contributed by atoms with Crippen LogP contribution in [0.15, 0.2) is 36.4 Å². The third kappa shape index (κ3) is 4.52. The summed E-state index contributed by atoms with van der Waals surface area (Å²) in [6, 6.07) is 8.22. The Morgan fingerprint density at radius 2 is 1.73 bits per heavy atom. The summed E-state index contributed by atoms with van der Waals surface area (Å²) in [5.74, 6) is -1.04. The molecule has 1 aliphatic rings. The lowest BCUT2D eigenvalue weighted by Gasteiger charge is -2.35. The molecule has 1 aromatic heterocycles. The molecule has 30 heavy (non-hydrogen) atoms. The van der Waals surface area contributed by atoms with Crippen LogP contribution < -0.4 is 10.6 Å². The van der Waals surface area contributed by atoms with Gasteiger partial charge in [0.05, 0.1) is 22.7 Å². The zero-order valence-corrected chi connectivity index (χ0v) is 16.4. The van der Waals surface area contributed by atoms with Crippen molar-refractivity contribution >= 4 is 17.6 Å². The molecular weight excluding hydrogens is 399 g/mol. The summed E-state index contributed by atoms with van der Waals surface area (Å²) < 4.78 is 39.6. The minimum atomic E-state index is -4.59. The maximum Gasteiger partial charge on any atom is 0.417 e. The van der Waals surface area contributed by atoms with Gasteiger partial charge in [0.25, 0.3) is 5.91 Å². The number of alkyl halides is 3. The number of primary amides is 1. The van der Waals surface area contributed by atoms with Crippen LogP contribution in [0.3, 0.4) is 0 Å². The van der Waals surface area contributed by atoms with Crippen LogP contribution in [0.1, 0.15) is 40.9 Å². The Hall–Kier alpha value is -3.17. The Labute approximate surface area is 171 Å². The second kappa shape index (κ2) is 8.68. The molecule has 2 heterocycles. The summed E-state index contributed by atoms with van der Waals surface area (Å²) in [6.07, 6.45) is -4.07. The standard InChI is InChI=1S/C20H22F3N5O2/c1-2-13(18(24)29)16-7-8-17(26-25-16)27-9-11-28(12-10-27)19(30)14-5-3-4-6-15(14)20(21,22)23/h3-8,13H,2,9-12H2,1H3,(H2,24,29). The molecule has 2 N–H and O–H groups in total. The number of aromatic nitrogens is 2. The summed E-state index contributed by atoms with van der Waals surface area (Å²) in [5, 5.41) is 8.23. The molecule has 1 unspecified atom stereocenters. The van der Waals surface area contributed by atoms with E-state index in [-0.39, 0.29) is 18.7 Å². The van der Waals surface area contributed by atoms with Crippen molar-refractivity contribution < 1.29 is 22.8 Å². The SMILES string of the molecule is CCC(C(N)=O)c1ccc(N2CCN(C(=O)c3ccccc3C(F)(F)F)CC2)nn1. The highest BCUT2D eigenvalue weighted by atomic mass is 19.4. The van der Waals surface area contributed by atoms with E-state index < -0.39 is 29.5 Å². The van der Waals surface area contributed by atoms with E-state index in [0.29, 0.717) is 31.0 Å². The van der Waals surface area contributed by atoms with Crippen molar-refractivity contribution in [1.82, 2.24) is 15.1 Å². The molecule has 0 radical (unpaired) electrons. The van der Waals surface area contributed by atoms with E-state index in [1.165, 1.54) is 23.1 Å². The highest BCUT2D eigenvalue weighted by Gasteiger charge is 2.36. The smallest absolute Gasteiger partial charge is 0.369 e. The van der Waals surface area contributed by atoms with Crippen molar-refractivity contribution in [2.75, 3.05) is 31.1 Å². The molecule has 7 nitrogen and oxygen atoms in total. The van der Waals surface area contributed by atoms with Crippen LogP contribution in [0, 0.1) is 0 Å². The number of benzene rings is 1. The second-order valence-electron chi connectivity index (χ2n) is 7.00. The van der Waals surface area contributed by atoms with Gasteiger partial charge in [-0.1, -0.05) is 19.1 Å². The van der Waals surface area contributed by atoms with Crippen molar-refractivity contribution in [1.29, 1.82) is 0 Å². The summed E-state index contributed by atoms with van der Waals surface area (Å²) in [4.78, 5) is 27.4. The van der Waals surface area contributed by atoms with Gasteiger partial charge in [-0.2, -0.15) is 18.3 Å². The molecule has 1 saturated heterocycles. The number of carbonyl (C=O) groups is 2. The Bertz CT molecular complexity index is 909. The number of hydrogen-bond acceptors (Lipinski definition) is 5. The molecule has 3 rings (SSSR count). The average molecular weight is 421 g/mol. The molecule has 2 aromatic rings. The van der Waals surface area contributed by atoms with Crippen LogP contribution in [0.2, 0.25) is 0 Å². The van der Waals surface area contributed by atoms with Crippen LogP contribution in [-0.2, 0) is 11.0 Å². The van der Waals surface area contributed by atoms with Gasteiger partial charge in [0.2, 0.25) is 5.91 Å². The van der Waals surface area contributed by atoms with E-state index in [1.54, 1.807) is 12.1 Å². The summed E-state index contributed by atoms with van der Waals surface area (Å²) in [6.45, 7) is 3.15. The predicted octanol–water partition coefficient (Wildman–Crippen LogP) is 2.44. The van der Waals surface area contributed by atoms with Crippen molar-refractivity contribution in [2.24, 2.45) is 5.73 Å². The van der Waals surface area contributed by atoms with Crippen molar-refractivity contribution in [3.63, 3.8) is 0 Å². The number of nitrogens with zero attached hydrogens (tertiary/aromatic N) is 4. The fourth-order valence-corrected chi connectivity index (χ4v) is 3.47. The van der Waals surface area contributed by atoms with E-state index in [4.69, 9.17) is 5.73 Å². The highest BCUT2D eigenvalue weighted by Crippen LogP contribution is 2.32. The quantitative estimate of drug-likeness (QED) is 0.801. The Balaban J connectivity index is 1.67. The van der Waals surface area contributed by atoms with Gasteiger partial charge in [-0.3, -0.25) is 9.59 Å². The Morgan fingerprint density at radius 3 is 2.27 bits per heavy atom. The van der Waals surface area contributed by atoms with Crippen molar-refractivity contribution in [3.05, 3.63) is 53.2 Å². The molecule has 2 amide bonds. The van der Waals surface area contributed by atoms with Gasteiger partial charge < -0.3 is 15.5 Å². The van der Waals surface area contributed by atoms with Crippen LogP contribution in [-0.4, -0.2) is 53.1 Å². The fourth-order valence-electron chi connectivity index (χ4n) is 3.47. The number of rotatable bonds is 5. The number of piperazine rings is 1. The van der Waals surface area contributed by atoms with E-state index in [2.05, 4.69) is 10.2 Å². The lowest BCUT2D eigenvalue weighted by molar-refractivity contribution is -0.138. The van der Waals surface area contributed by atoms with Gasteiger partial charge in [-0.15, -0.1) is 5.10 Å². The minimum Gasteiger partial charge on any atom is -0.369 e. The number of amides is 2. The summed E-state index contributed by atoms with van der Waals surface area (Å²) >= 11 is 0. The van der Waals surface area contributed by atoms with Crippen LogP contribution in [0.5, 0.6) is 0 Å². The number of carbonyl (C=O) groups excluding carboxylic acids is 2. The number of hydrogen-bond donors (Lipinski definition) is 1. The van der Waals surface area contributed by atoms with Crippen LogP contribution >= 0.6 is 0 Å². The molecule has 0 spiro atoms. The van der Waals surface area contributed by atoms with Crippen LogP contribution in [0.25, 0.3) is 0 Å². The summed E-state index contributed by atoms with van der Waals surface area (Å²) in [7, 11) is 0. The number of nitrogens with two attached hydrogens (primary N) is 1. The summed E-state index contributed by atoms with van der Waals surface area (Å²) in [5.41, 5.74) is 4.58. The van der Waals surface area contributed by atoms with Gasteiger partial charge in [-0.25, -0.2) is 0 Å². The zero-order chi connectivity index (χ0) is 21.9. The Morgan fingerprint density at radius 1 is 1.07 bits per heavy atom.